The van der Waals surface area contributed by atoms with Gasteiger partial charge in [-0.1, -0.05) is 26.7 Å². The first-order chi connectivity index (χ1) is 8.74. The van der Waals surface area contributed by atoms with Gasteiger partial charge in [-0.05, 0) is 44.1 Å². The standard InChI is InChI=1S/C16H30N2/c1-13(2)16-12-17-9-4-3-8-15(17)11-18(16)10-14-6-5-7-14/h13-16H,3-12H2,1-2H3. The normalized spacial score (nSPS) is 35.5. The molecule has 2 heteroatoms. The Bertz CT molecular complexity index is 272. The molecule has 104 valence electrons. The predicted molar refractivity (Wildman–Crippen MR) is 76.8 cm³/mol. The largest absolute Gasteiger partial charge is 0.298 e. The van der Waals surface area contributed by atoms with Gasteiger partial charge >= 0.3 is 0 Å². The maximum atomic E-state index is 2.86. The van der Waals surface area contributed by atoms with Gasteiger partial charge in [0.05, 0.1) is 0 Å². The average Bonchev–Trinajstić information content (AvgIpc) is 2.32. The highest BCUT2D eigenvalue weighted by atomic mass is 15.3. The van der Waals surface area contributed by atoms with Crippen LogP contribution >= 0.6 is 0 Å². The van der Waals surface area contributed by atoms with E-state index in [0.717, 1.165) is 23.9 Å². The Balaban J connectivity index is 1.64. The van der Waals surface area contributed by atoms with Crippen LogP contribution in [0.5, 0.6) is 0 Å². The first kappa shape index (κ1) is 12.9. The molecule has 2 nitrogen and oxygen atoms in total. The lowest BCUT2D eigenvalue weighted by Gasteiger charge is -2.51. The molecule has 0 N–H and O–H groups in total. The van der Waals surface area contributed by atoms with Gasteiger partial charge in [-0.3, -0.25) is 9.80 Å². The van der Waals surface area contributed by atoms with Gasteiger partial charge in [0.15, 0.2) is 0 Å². The van der Waals surface area contributed by atoms with Crippen molar-refractivity contribution in [3.05, 3.63) is 0 Å². The molecule has 0 aromatic carbocycles. The van der Waals surface area contributed by atoms with Crippen LogP contribution in [0.3, 0.4) is 0 Å². The Morgan fingerprint density at radius 2 is 1.83 bits per heavy atom. The third-order valence-corrected chi connectivity index (χ3v) is 5.57. The molecule has 3 fully saturated rings. The second kappa shape index (κ2) is 5.50. The molecule has 3 rings (SSSR count). The molecule has 0 radical (unpaired) electrons. The zero-order valence-corrected chi connectivity index (χ0v) is 12.3. The molecule has 18 heavy (non-hydrogen) atoms. The summed E-state index contributed by atoms with van der Waals surface area (Å²) >= 11 is 0. The van der Waals surface area contributed by atoms with Gasteiger partial charge in [0.2, 0.25) is 0 Å². The Morgan fingerprint density at radius 1 is 1.00 bits per heavy atom. The first-order valence-corrected chi connectivity index (χ1v) is 8.22. The summed E-state index contributed by atoms with van der Waals surface area (Å²) in [5, 5.41) is 0. The van der Waals surface area contributed by atoms with Crippen molar-refractivity contribution in [1.82, 2.24) is 9.80 Å². The molecule has 0 bridgehead atoms. The van der Waals surface area contributed by atoms with Crippen molar-refractivity contribution in [1.29, 1.82) is 0 Å². The van der Waals surface area contributed by atoms with Crippen LogP contribution in [0, 0.1) is 11.8 Å². The summed E-state index contributed by atoms with van der Waals surface area (Å²) in [6.07, 6.45) is 8.83. The molecule has 0 amide bonds. The van der Waals surface area contributed by atoms with Gasteiger partial charge in [-0.2, -0.15) is 0 Å². The number of rotatable bonds is 3. The zero-order valence-electron chi connectivity index (χ0n) is 12.3. The number of hydrogen-bond acceptors (Lipinski definition) is 2. The van der Waals surface area contributed by atoms with Crippen LogP contribution in [0.25, 0.3) is 0 Å². The van der Waals surface area contributed by atoms with E-state index in [-0.39, 0.29) is 0 Å². The highest BCUT2D eigenvalue weighted by Gasteiger charge is 2.37. The van der Waals surface area contributed by atoms with Crippen LogP contribution in [0.2, 0.25) is 0 Å². The van der Waals surface area contributed by atoms with Crippen molar-refractivity contribution in [2.45, 2.75) is 64.5 Å². The maximum Gasteiger partial charge on any atom is 0.0247 e. The Hall–Kier alpha value is -0.0800. The highest BCUT2D eigenvalue weighted by Crippen LogP contribution is 2.32. The lowest BCUT2D eigenvalue weighted by Crippen LogP contribution is -2.61. The van der Waals surface area contributed by atoms with Gasteiger partial charge in [0.1, 0.15) is 0 Å². The lowest BCUT2D eigenvalue weighted by atomic mass is 9.83. The summed E-state index contributed by atoms with van der Waals surface area (Å²) < 4.78 is 0. The van der Waals surface area contributed by atoms with Gasteiger partial charge in [0, 0.05) is 31.7 Å². The van der Waals surface area contributed by atoms with Crippen LogP contribution in [0.1, 0.15) is 52.4 Å². The third-order valence-electron chi connectivity index (χ3n) is 5.57. The van der Waals surface area contributed by atoms with Crippen molar-refractivity contribution in [2.75, 3.05) is 26.2 Å². The molecule has 2 saturated heterocycles. The van der Waals surface area contributed by atoms with Crippen LogP contribution in [0.15, 0.2) is 0 Å². The van der Waals surface area contributed by atoms with E-state index in [9.17, 15) is 0 Å². The van der Waals surface area contributed by atoms with Crippen LogP contribution in [-0.4, -0.2) is 48.1 Å². The van der Waals surface area contributed by atoms with Crippen LogP contribution < -0.4 is 0 Å². The SMILES string of the molecule is CC(C)C1CN2CCCCC2CN1CC1CCC1. The fraction of sp³-hybridized carbons (Fsp3) is 1.00. The van der Waals surface area contributed by atoms with Crippen LogP contribution in [-0.2, 0) is 0 Å². The summed E-state index contributed by atoms with van der Waals surface area (Å²) in [5.74, 6) is 1.84. The van der Waals surface area contributed by atoms with E-state index in [2.05, 4.69) is 23.6 Å². The summed E-state index contributed by atoms with van der Waals surface area (Å²) in [4.78, 5) is 5.66. The molecular weight excluding hydrogens is 220 g/mol. The molecule has 0 aromatic heterocycles. The van der Waals surface area contributed by atoms with Crippen molar-refractivity contribution >= 4 is 0 Å². The van der Waals surface area contributed by atoms with Crippen LogP contribution in [0.4, 0.5) is 0 Å². The van der Waals surface area contributed by atoms with Crippen molar-refractivity contribution < 1.29 is 0 Å². The molecule has 2 unspecified atom stereocenters. The Kier molecular flexibility index (Phi) is 3.95. The minimum absolute atomic E-state index is 0.813. The molecular formula is C16H30N2. The first-order valence-electron chi connectivity index (χ1n) is 8.22. The predicted octanol–water partition coefficient (Wildman–Crippen LogP) is 2.98. The van der Waals surface area contributed by atoms with E-state index < -0.39 is 0 Å². The van der Waals surface area contributed by atoms with Gasteiger partial charge in [-0.25, -0.2) is 0 Å². The molecule has 0 aromatic rings. The fourth-order valence-electron chi connectivity index (χ4n) is 4.12. The van der Waals surface area contributed by atoms with E-state index in [1.807, 2.05) is 0 Å². The van der Waals surface area contributed by atoms with E-state index in [1.54, 1.807) is 0 Å². The van der Waals surface area contributed by atoms with Crippen molar-refractivity contribution in [2.24, 2.45) is 11.8 Å². The summed E-state index contributed by atoms with van der Waals surface area (Å²) in [5.41, 5.74) is 0. The number of piperidine rings is 1. The monoisotopic (exact) mass is 250 g/mol. The summed E-state index contributed by atoms with van der Waals surface area (Å²) in [6.45, 7) is 10.3. The minimum Gasteiger partial charge on any atom is -0.298 e. The molecule has 3 aliphatic rings. The van der Waals surface area contributed by atoms with Crippen molar-refractivity contribution in [3.63, 3.8) is 0 Å². The zero-order chi connectivity index (χ0) is 12.5. The van der Waals surface area contributed by atoms with Gasteiger partial charge < -0.3 is 0 Å². The Morgan fingerprint density at radius 3 is 2.50 bits per heavy atom. The van der Waals surface area contributed by atoms with E-state index >= 15 is 0 Å². The number of fused-ring (bicyclic) bond motifs is 1. The number of nitrogens with zero attached hydrogens (tertiary/aromatic N) is 2. The smallest absolute Gasteiger partial charge is 0.0247 e. The summed E-state index contributed by atoms with van der Waals surface area (Å²) in [6, 6.07) is 1.70. The topological polar surface area (TPSA) is 6.48 Å². The molecule has 0 spiro atoms. The highest BCUT2D eigenvalue weighted by molar-refractivity contribution is 4.93. The van der Waals surface area contributed by atoms with Crippen molar-refractivity contribution in [3.8, 4) is 0 Å². The van der Waals surface area contributed by atoms with E-state index in [0.29, 0.717) is 0 Å². The average molecular weight is 250 g/mol. The fourth-order valence-corrected chi connectivity index (χ4v) is 4.12. The van der Waals surface area contributed by atoms with Gasteiger partial charge in [-0.15, -0.1) is 0 Å². The molecule has 2 heterocycles. The van der Waals surface area contributed by atoms with Gasteiger partial charge in [0.25, 0.3) is 0 Å². The molecule has 1 saturated carbocycles. The second-order valence-electron chi connectivity index (χ2n) is 7.21. The third kappa shape index (κ3) is 2.60. The second-order valence-corrected chi connectivity index (χ2v) is 7.21. The minimum atomic E-state index is 0.813. The molecule has 1 aliphatic carbocycles. The maximum absolute atomic E-state index is 2.86. The quantitative estimate of drug-likeness (QED) is 0.760. The summed E-state index contributed by atoms with van der Waals surface area (Å²) in [7, 11) is 0. The van der Waals surface area contributed by atoms with E-state index in [4.69, 9.17) is 0 Å². The van der Waals surface area contributed by atoms with E-state index in [1.165, 1.54) is 64.7 Å². The Labute approximate surface area is 113 Å². The number of hydrogen-bond donors (Lipinski definition) is 0. The number of piperazine rings is 1. The molecule has 2 aliphatic heterocycles. The lowest BCUT2D eigenvalue weighted by molar-refractivity contribution is -0.0204. The molecule has 2 atom stereocenters.